The van der Waals surface area contributed by atoms with Crippen LogP contribution in [0.4, 0.5) is 0 Å². The van der Waals surface area contributed by atoms with Gasteiger partial charge in [-0.15, -0.1) is 0 Å². The Morgan fingerprint density at radius 3 is 1.38 bits per heavy atom. The summed E-state index contributed by atoms with van der Waals surface area (Å²) in [5, 5.41) is 18.4. The van der Waals surface area contributed by atoms with Gasteiger partial charge in [0.2, 0.25) is 0 Å². The number of esters is 1. The molecule has 0 rings (SSSR count). The van der Waals surface area contributed by atoms with Crippen molar-refractivity contribution >= 4 is 13.8 Å². The summed E-state index contributed by atoms with van der Waals surface area (Å²) < 4.78 is 33.5. The van der Waals surface area contributed by atoms with E-state index in [9.17, 15) is 19.4 Å². The minimum atomic E-state index is -4.53. The number of phosphoric ester groups is 1. The second-order valence-corrected chi connectivity index (χ2v) is 18.6. The van der Waals surface area contributed by atoms with Gasteiger partial charge in [0.1, 0.15) is 12.2 Å². The van der Waals surface area contributed by atoms with Crippen molar-refractivity contribution in [3.63, 3.8) is 0 Å². The van der Waals surface area contributed by atoms with E-state index >= 15 is 0 Å². The van der Waals surface area contributed by atoms with Crippen LogP contribution in [0.15, 0.2) is 60.8 Å². The van der Waals surface area contributed by atoms with Crippen LogP contribution in [-0.2, 0) is 27.9 Å². The van der Waals surface area contributed by atoms with Gasteiger partial charge in [0.25, 0.3) is 0 Å². The van der Waals surface area contributed by atoms with Gasteiger partial charge < -0.3 is 24.6 Å². The second-order valence-electron chi connectivity index (χ2n) is 17.2. The highest BCUT2D eigenvalue weighted by molar-refractivity contribution is 7.47. The lowest BCUT2D eigenvalue weighted by molar-refractivity contribution is -0.154. The number of carbonyl (C=O) groups excluding carboxylic acids is 1. The van der Waals surface area contributed by atoms with E-state index in [4.69, 9.17) is 23.6 Å². The molecule has 368 valence electrons. The van der Waals surface area contributed by atoms with Crippen molar-refractivity contribution in [2.75, 3.05) is 33.0 Å². The highest BCUT2D eigenvalue weighted by Crippen LogP contribution is 2.43. The topological polar surface area (TPSA) is 132 Å². The fraction of sp³-hybridized carbons (Fsp3) is 0.792. The minimum absolute atomic E-state index is 0.0444. The van der Waals surface area contributed by atoms with Crippen LogP contribution in [0.1, 0.15) is 226 Å². The standard InChI is InChI=1S/C53H97O9P/c1-3-5-7-9-11-13-15-17-19-21-23-24-25-26-27-28-30-32-34-36-38-40-42-44-46-59-49-52(50-61-63(57,58)60-48-51(55)47-54)62-53(56)45-43-41-39-37-35-33-31-29-22-20-18-16-14-12-10-8-6-4-2/h5,7,11,13,17,19-20,22-24,51-52,54-55H,3-4,6,8-10,12,14-16,18,21,25-50H2,1-2H3,(H,57,58)/b7-5-,13-11-,19-17-,22-20-,24-23-. The third-order valence-corrected chi connectivity index (χ3v) is 11.9. The molecule has 63 heavy (non-hydrogen) atoms. The van der Waals surface area contributed by atoms with Gasteiger partial charge in [0.15, 0.2) is 0 Å². The molecular weight excluding hydrogens is 812 g/mol. The maximum atomic E-state index is 12.7. The molecule has 3 unspecified atom stereocenters. The van der Waals surface area contributed by atoms with Crippen LogP contribution in [-0.4, -0.2) is 66.3 Å². The molecule has 3 atom stereocenters. The molecule has 0 aromatic rings. The molecule has 0 fully saturated rings. The summed E-state index contributed by atoms with van der Waals surface area (Å²) in [4.78, 5) is 22.7. The molecule has 0 aliphatic heterocycles. The van der Waals surface area contributed by atoms with Crippen molar-refractivity contribution in [3.8, 4) is 0 Å². The Kier molecular flexibility index (Phi) is 48.1. The van der Waals surface area contributed by atoms with Crippen molar-refractivity contribution in [1.82, 2.24) is 0 Å². The number of ether oxygens (including phenoxy) is 2. The molecule has 0 amide bonds. The number of hydrogen-bond donors (Lipinski definition) is 3. The van der Waals surface area contributed by atoms with E-state index in [1.54, 1.807) is 0 Å². The molecule has 9 nitrogen and oxygen atoms in total. The largest absolute Gasteiger partial charge is 0.472 e. The first kappa shape index (κ1) is 61.2. The van der Waals surface area contributed by atoms with Crippen molar-refractivity contribution in [2.45, 2.75) is 238 Å². The maximum absolute atomic E-state index is 12.7. The smallest absolute Gasteiger partial charge is 0.457 e. The first-order chi connectivity index (χ1) is 30.8. The van der Waals surface area contributed by atoms with Crippen LogP contribution in [0.25, 0.3) is 0 Å². The molecule has 0 bridgehead atoms. The van der Waals surface area contributed by atoms with E-state index in [1.165, 1.54) is 128 Å². The van der Waals surface area contributed by atoms with E-state index in [1.807, 2.05) is 0 Å². The average molecular weight is 909 g/mol. The molecule has 0 aromatic heterocycles. The van der Waals surface area contributed by atoms with Crippen LogP contribution in [0, 0.1) is 0 Å². The molecule has 0 saturated heterocycles. The lowest BCUT2D eigenvalue weighted by Crippen LogP contribution is -2.29. The summed E-state index contributed by atoms with van der Waals surface area (Å²) in [5.41, 5.74) is 0. The molecule has 0 aromatic carbocycles. The molecule has 0 saturated carbocycles. The SMILES string of the molecule is CC/C=C\C/C=C\C/C=C\C/C=C\CCCCCCCCCCCCCOCC(COP(=O)(O)OCC(O)CO)OC(=O)CCCCCCCCC/C=C\CCCCCCCCC. The van der Waals surface area contributed by atoms with Crippen molar-refractivity contribution < 1.29 is 43.0 Å². The second kappa shape index (κ2) is 49.6. The summed E-state index contributed by atoms with van der Waals surface area (Å²) in [6, 6.07) is 0. The van der Waals surface area contributed by atoms with E-state index in [-0.39, 0.29) is 25.6 Å². The molecule has 10 heteroatoms. The Balaban J connectivity index is 4.07. The number of carbonyl (C=O) groups is 1. The number of rotatable bonds is 49. The Hall–Kier alpha value is -1.84. The van der Waals surface area contributed by atoms with Gasteiger partial charge in [-0.1, -0.05) is 203 Å². The zero-order valence-electron chi connectivity index (χ0n) is 40.5. The number of hydrogen-bond acceptors (Lipinski definition) is 8. The summed E-state index contributed by atoms with van der Waals surface area (Å²) in [5.74, 6) is -0.387. The Morgan fingerprint density at radius 2 is 0.905 bits per heavy atom. The lowest BCUT2D eigenvalue weighted by Gasteiger charge is -2.20. The van der Waals surface area contributed by atoms with E-state index in [2.05, 4.69) is 74.6 Å². The van der Waals surface area contributed by atoms with Crippen molar-refractivity contribution in [1.29, 1.82) is 0 Å². The van der Waals surface area contributed by atoms with E-state index in [0.717, 1.165) is 77.0 Å². The summed E-state index contributed by atoms with van der Waals surface area (Å²) in [6.45, 7) is 3.42. The Labute approximate surface area is 387 Å². The third kappa shape index (κ3) is 49.4. The van der Waals surface area contributed by atoms with E-state index in [0.29, 0.717) is 6.61 Å². The molecule has 0 aliphatic rings. The highest BCUT2D eigenvalue weighted by atomic mass is 31.2. The average Bonchev–Trinajstić information content (AvgIpc) is 3.28. The fourth-order valence-corrected chi connectivity index (χ4v) is 7.84. The van der Waals surface area contributed by atoms with Crippen molar-refractivity contribution in [3.05, 3.63) is 60.8 Å². The zero-order chi connectivity index (χ0) is 46.0. The molecule has 0 aliphatic carbocycles. The van der Waals surface area contributed by atoms with Crippen LogP contribution in [0.5, 0.6) is 0 Å². The van der Waals surface area contributed by atoms with Gasteiger partial charge >= 0.3 is 13.8 Å². The maximum Gasteiger partial charge on any atom is 0.472 e. The lowest BCUT2D eigenvalue weighted by atomic mass is 10.1. The number of aliphatic hydroxyl groups excluding tert-OH is 2. The van der Waals surface area contributed by atoms with Crippen LogP contribution < -0.4 is 0 Å². The van der Waals surface area contributed by atoms with Crippen LogP contribution in [0.2, 0.25) is 0 Å². The normalized spacial score (nSPS) is 14.3. The summed E-state index contributed by atoms with van der Waals surface area (Å²) >= 11 is 0. The van der Waals surface area contributed by atoms with Gasteiger partial charge in [0.05, 0.1) is 26.4 Å². The molecular formula is C53H97O9P. The van der Waals surface area contributed by atoms with Gasteiger partial charge in [-0.05, 0) is 77.0 Å². The quantitative estimate of drug-likeness (QED) is 0.0236. The Morgan fingerprint density at radius 1 is 0.508 bits per heavy atom. The van der Waals surface area contributed by atoms with Gasteiger partial charge in [0, 0.05) is 13.0 Å². The molecule has 0 spiro atoms. The molecule has 3 N–H and O–H groups in total. The van der Waals surface area contributed by atoms with Gasteiger partial charge in [-0.25, -0.2) is 4.57 Å². The summed E-state index contributed by atoms with van der Waals surface area (Å²) in [7, 11) is -4.53. The number of allylic oxidation sites excluding steroid dienone is 10. The van der Waals surface area contributed by atoms with E-state index < -0.39 is 33.2 Å². The fourth-order valence-electron chi connectivity index (χ4n) is 7.05. The molecule has 0 heterocycles. The monoisotopic (exact) mass is 909 g/mol. The highest BCUT2D eigenvalue weighted by Gasteiger charge is 2.26. The van der Waals surface area contributed by atoms with Crippen molar-refractivity contribution in [2.24, 2.45) is 0 Å². The van der Waals surface area contributed by atoms with Crippen LogP contribution >= 0.6 is 7.82 Å². The minimum Gasteiger partial charge on any atom is -0.457 e. The van der Waals surface area contributed by atoms with Gasteiger partial charge in [-0.2, -0.15) is 0 Å². The first-order valence-corrected chi connectivity index (χ1v) is 27.3. The predicted molar refractivity (Wildman–Crippen MR) is 265 cm³/mol. The predicted octanol–water partition coefficient (Wildman–Crippen LogP) is 15.1. The summed E-state index contributed by atoms with van der Waals surface area (Å²) in [6.07, 6.45) is 59.0. The number of aliphatic hydroxyl groups is 2. The van der Waals surface area contributed by atoms with Crippen LogP contribution in [0.3, 0.4) is 0 Å². The molecule has 0 radical (unpaired) electrons. The number of phosphoric acid groups is 1. The third-order valence-electron chi connectivity index (χ3n) is 10.9. The van der Waals surface area contributed by atoms with Gasteiger partial charge in [-0.3, -0.25) is 13.8 Å². The number of unbranched alkanes of at least 4 members (excludes halogenated alkanes) is 25. The Bertz CT molecular complexity index is 1170. The zero-order valence-corrected chi connectivity index (χ0v) is 41.4. The first-order valence-electron chi connectivity index (χ1n) is 25.8.